The van der Waals surface area contributed by atoms with Crippen molar-refractivity contribution >= 4 is 46.7 Å². The van der Waals surface area contributed by atoms with Crippen molar-refractivity contribution in [3.63, 3.8) is 0 Å². The Labute approximate surface area is 227 Å². The molecule has 196 valence electrons. The third kappa shape index (κ3) is 5.61. The molecule has 3 aromatic rings. The van der Waals surface area contributed by atoms with Crippen LogP contribution in [-0.2, 0) is 16.8 Å². The van der Waals surface area contributed by atoms with Gasteiger partial charge in [0.1, 0.15) is 28.7 Å². The number of amides is 2. The number of fused-ring (bicyclic) bond motifs is 1. The summed E-state index contributed by atoms with van der Waals surface area (Å²) in [6.07, 6.45) is 0.520. The molecule has 0 bridgehead atoms. The second-order valence-corrected chi connectivity index (χ2v) is 10.4. The zero-order valence-electron chi connectivity index (χ0n) is 20.8. The predicted octanol–water partition coefficient (Wildman–Crippen LogP) is 5.05. The van der Waals surface area contributed by atoms with E-state index in [-0.39, 0.29) is 46.0 Å². The highest BCUT2D eigenvalue weighted by Crippen LogP contribution is 2.36. The van der Waals surface area contributed by atoms with Gasteiger partial charge >= 0.3 is 6.09 Å². The number of nitrogens with zero attached hydrogens (tertiary/aromatic N) is 5. The predicted molar refractivity (Wildman–Crippen MR) is 139 cm³/mol. The van der Waals surface area contributed by atoms with Crippen molar-refractivity contribution in [3.05, 3.63) is 75.3 Å². The van der Waals surface area contributed by atoms with Crippen molar-refractivity contribution in [2.75, 3.05) is 5.32 Å². The molecule has 0 radical (unpaired) electrons. The molecule has 0 saturated carbocycles. The molecule has 2 N–H and O–H groups in total. The fourth-order valence-electron chi connectivity index (χ4n) is 3.86. The first-order valence-corrected chi connectivity index (χ1v) is 12.0. The van der Waals surface area contributed by atoms with Gasteiger partial charge in [0.2, 0.25) is 0 Å². The van der Waals surface area contributed by atoms with Crippen molar-refractivity contribution in [2.24, 2.45) is 4.99 Å². The van der Waals surface area contributed by atoms with Crippen LogP contribution in [0.1, 0.15) is 55.3 Å². The summed E-state index contributed by atoms with van der Waals surface area (Å²) in [5, 5.41) is 15.2. The number of alkyl carbamates (subject to hydrolysis) is 1. The summed E-state index contributed by atoms with van der Waals surface area (Å²) in [5.41, 5.74) is -1.66. The lowest BCUT2D eigenvalue weighted by molar-refractivity contribution is 0.0562. The Hall–Kier alpha value is -4.01. The van der Waals surface area contributed by atoms with Gasteiger partial charge in [-0.25, -0.2) is 19.2 Å². The summed E-state index contributed by atoms with van der Waals surface area (Å²) in [6.45, 7) is 6.67. The topological polar surface area (TPSA) is 134 Å². The fraction of sp³-hybridized carbons (Fsp3) is 0.280. The van der Waals surface area contributed by atoms with Gasteiger partial charge in [0.05, 0.1) is 11.6 Å². The number of carbonyl (C=O) groups excluding carboxylic acids is 2. The van der Waals surface area contributed by atoms with Crippen LogP contribution >= 0.6 is 23.2 Å². The first-order chi connectivity index (χ1) is 17.8. The van der Waals surface area contributed by atoms with Crippen LogP contribution in [0.15, 0.2) is 41.5 Å². The Bertz CT molecular complexity index is 1510. The molecule has 0 saturated heterocycles. The van der Waals surface area contributed by atoms with Gasteiger partial charge in [0, 0.05) is 17.4 Å². The Morgan fingerprint density at radius 1 is 1.21 bits per heavy atom. The minimum absolute atomic E-state index is 0.0185. The molecule has 1 atom stereocenters. The van der Waals surface area contributed by atoms with Gasteiger partial charge in [0.25, 0.3) is 5.91 Å². The minimum Gasteiger partial charge on any atom is -0.444 e. The first-order valence-electron chi connectivity index (χ1n) is 11.3. The molecule has 0 fully saturated rings. The molecular weight excluding hydrogens is 536 g/mol. The molecule has 2 aromatic heterocycles. The maximum absolute atomic E-state index is 15.2. The van der Waals surface area contributed by atoms with E-state index in [0.717, 1.165) is 0 Å². The van der Waals surface area contributed by atoms with E-state index in [0.29, 0.717) is 5.02 Å². The van der Waals surface area contributed by atoms with Gasteiger partial charge in [0.15, 0.2) is 22.5 Å². The molecule has 1 aliphatic heterocycles. The summed E-state index contributed by atoms with van der Waals surface area (Å²) >= 11 is 12.0. The molecule has 4 rings (SSSR count). The minimum atomic E-state index is -1.35. The average molecular weight is 558 g/mol. The Balaban J connectivity index is 1.74. The second-order valence-electron chi connectivity index (χ2n) is 9.64. The van der Waals surface area contributed by atoms with Crippen molar-refractivity contribution in [2.45, 2.75) is 45.4 Å². The number of aromatic nitrogens is 3. The van der Waals surface area contributed by atoms with Gasteiger partial charge < -0.3 is 14.6 Å². The number of nitrogens with one attached hydrogen (secondary N) is 2. The third-order valence-corrected chi connectivity index (χ3v) is 5.94. The van der Waals surface area contributed by atoms with Gasteiger partial charge in [-0.1, -0.05) is 23.2 Å². The monoisotopic (exact) mass is 557 g/mol. The number of carbonyl (C=O) groups is 2. The van der Waals surface area contributed by atoms with Crippen LogP contribution in [-0.4, -0.2) is 38.0 Å². The SMILES string of the molecule is CC(C)(C)OC(=O)NC1=N[C@](C)(c2cc(NC(=O)c3ccc(Cl)cn3)ccc2F)Cn2c1nc(Cl)c2C#N. The normalized spacial score (nSPS) is 16.6. The highest BCUT2D eigenvalue weighted by Gasteiger charge is 2.39. The van der Waals surface area contributed by atoms with Gasteiger partial charge in [-0.05, 0) is 58.0 Å². The molecular formula is C25H22Cl2FN7O3. The Kier molecular flexibility index (Phi) is 7.14. The number of pyridine rings is 1. The average Bonchev–Trinajstić information content (AvgIpc) is 3.14. The third-order valence-electron chi connectivity index (χ3n) is 5.45. The van der Waals surface area contributed by atoms with E-state index in [1.165, 1.54) is 41.1 Å². The standard InChI is InChI=1S/C25H22Cl2FN7O3/c1-24(2,3)38-23(37)33-20-21-32-19(27)18(10-29)35(21)12-25(4,34-20)15-9-14(6-7-16(15)28)31-22(36)17-8-5-13(26)11-30-17/h5-9,11H,12H2,1-4H3,(H,31,36)(H,33,34,37)/t25-/m0/s1. The number of hydrogen-bond donors (Lipinski definition) is 2. The van der Waals surface area contributed by atoms with Crippen LogP contribution in [0.5, 0.6) is 0 Å². The summed E-state index contributed by atoms with van der Waals surface area (Å²) in [5.74, 6) is -1.09. The number of ether oxygens (including phenoxy) is 1. The lowest BCUT2D eigenvalue weighted by atomic mass is 9.90. The van der Waals surface area contributed by atoms with Gasteiger partial charge in [-0.3, -0.25) is 15.1 Å². The van der Waals surface area contributed by atoms with Crippen molar-refractivity contribution in [3.8, 4) is 6.07 Å². The van der Waals surface area contributed by atoms with Crippen molar-refractivity contribution < 1.29 is 18.7 Å². The van der Waals surface area contributed by atoms with E-state index in [4.69, 9.17) is 27.9 Å². The van der Waals surface area contributed by atoms with Gasteiger partial charge in [-0.2, -0.15) is 5.26 Å². The smallest absolute Gasteiger partial charge is 0.413 e. The van der Waals surface area contributed by atoms with E-state index in [1.807, 2.05) is 6.07 Å². The van der Waals surface area contributed by atoms with Crippen LogP contribution in [0, 0.1) is 17.1 Å². The molecule has 10 nitrogen and oxygen atoms in total. The van der Waals surface area contributed by atoms with E-state index in [1.54, 1.807) is 27.7 Å². The zero-order valence-corrected chi connectivity index (χ0v) is 22.3. The summed E-state index contributed by atoms with van der Waals surface area (Å²) in [6, 6.07) is 8.96. The molecule has 1 aromatic carbocycles. The molecule has 1 aliphatic rings. The quantitative estimate of drug-likeness (QED) is 0.462. The molecule has 13 heteroatoms. The first kappa shape index (κ1) is 27.0. The highest BCUT2D eigenvalue weighted by atomic mass is 35.5. The van der Waals surface area contributed by atoms with Crippen LogP contribution in [0.4, 0.5) is 14.9 Å². The Morgan fingerprint density at radius 3 is 2.58 bits per heavy atom. The van der Waals surface area contributed by atoms with Crippen LogP contribution in [0.25, 0.3) is 0 Å². The lowest BCUT2D eigenvalue weighted by Gasteiger charge is -2.33. The number of halogens is 3. The van der Waals surface area contributed by atoms with Crippen molar-refractivity contribution in [1.29, 1.82) is 5.26 Å². The second kappa shape index (κ2) is 10.0. The largest absolute Gasteiger partial charge is 0.444 e. The maximum atomic E-state index is 15.2. The molecule has 2 amide bonds. The number of hydrogen-bond acceptors (Lipinski definition) is 7. The number of imidazole rings is 1. The van der Waals surface area contributed by atoms with Crippen LogP contribution in [0.3, 0.4) is 0 Å². The fourth-order valence-corrected chi connectivity index (χ4v) is 4.19. The summed E-state index contributed by atoms with van der Waals surface area (Å²) in [7, 11) is 0. The molecule has 0 aliphatic carbocycles. The summed E-state index contributed by atoms with van der Waals surface area (Å²) in [4.78, 5) is 38.0. The molecule has 0 unspecified atom stereocenters. The van der Waals surface area contributed by atoms with Crippen molar-refractivity contribution in [1.82, 2.24) is 19.9 Å². The van der Waals surface area contributed by atoms with E-state index in [2.05, 4.69) is 25.6 Å². The number of aliphatic imine (C=N–C) groups is 1. The van der Waals surface area contributed by atoms with E-state index >= 15 is 4.39 Å². The molecule has 3 heterocycles. The number of benzene rings is 1. The summed E-state index contributed by atoms with van der Waals surface area (Å²) < 4.78 is 22.0. The number of amidine groups is 1. The Morgan fingerprint density at radius 2 is 1.95 bits per heavy atom. The molecule has 38 heavy (non-hydrogen) atoms. The van der Waals surface area contributed by atoms with Crippen LogP contribution in [0.2, 0.25) is 10.2 Å². The van der Waals surface area contributed by atoms with E-state index in [9.17, 15) is 14.9 Å². The highest BCUT2D eigenvalue weighted by molar-refractivity contribution is 6.31. The number of rotatable bonds is 3. The number of nitriles is 1. The van der Waals surface area contributed by atoms with Gasteiger partial charge in [-0.15, -0.1) is 0 Å². The van der Waals surface area contributed by atoms with E-state index < -0.39 is 29.0 Å². The molecule has 0 spiro atoms. The lowest BCUT2D eigenvalue weighted by Crippen LogP contribution is -2.44. The zero-order chi connectivity index (χ0) is 27.8. The van der Waals surface area contributed by atoms with Crippen LogP contribution < -0.4 is 10.6 Å². The number of anilines is 1. The maximum Gasteiger partial charge on any atom is 0.413 e.